The molecule has 230 valence electrons. The molecule has 0 radical (unpaired) electrons. The maximum Gasteiger partial charge on any atom is 0.309 e. The summed E-state index contributed by atoms with van der Waals surface area (Å²) < 4.78 is 59.0. The van der Waals surface area contributed by atoms with Gasteiger partial charge in [0, 0.05) is 35.8 Å². The number of allylic oxidation sites excluding steroid dienone is 1. The molecule has 1 aromatic carbocycles. The van der Waals surface area contributed by atoms with Crippen molar-refractivity contribution in [3.63, 3.8) is 0 Å². The topological polar surface area (TPSA) is 110 Å². The van der Waals surface area contributed by atoms with E-state index in [9.17, 15) is 13.6 Å². The highest BCUT2D eigenvalue weighted by molar-refractivity contribution is 5.78. The van der Waals surface area contributed by atoms with Crippen LogP contribution in [-0.4, -0.2) is 48.3 Å². The quantitative estimate of drug-likeness (QED) is 0.181. The fraction of sp³-hybridized carbons (Fsp3) is 0.312. The first-order valence-corrected chi connectivity index (χ1v) is 14.5. The molecule has 7 rings (SSSR count). The van der Waals surface area contributed by atoms with Gasteiger partial charge in [-0.2, -0.15) is 8.78 Å². The lowest BCUT2D eigenvalue weighted by atomic mass is 10.1. The van der Waals surface area contributed by atoms with Gasteiger partial charge in [-0.1, -0.05) is 6.58 Å². The molecule has 2 saturated carbocycles. The summed E-state index contributed by atoms with van der Waals surface area (Å²) in [6.45, 7) is 3.15. The Bertz CT molecular complexity index is 2030. The zero-order chi connectivity index (χ0) is 31.5. The van der Waals surface area contributed by atoms with E-state index in [0.717, 1.165) is 31.4 Å². The molecule has 0 atom stereocenters. The van der Waals surface area contributed by atoms with Crippen LogP contribution in [0.4, 0.5) is 13.2 Å². The van der Waals surface area contributed by atoms with Gasteiger partial charge in [0.2, 0.25) is 5.88 Å². The number of pyridine rings is 1. The van der Waals surface area contributed by atoms with Crippen molar-refractivity contribution in [3.05, 3.63) is 88.8 Å². The van der Waals surface area contributed by atoms with E-state index in [2.05, 4.69) is 26.5 Å². The minimum Gasteiger partial charge on any atom is -0.496 e. The average Bonchev–Trinajstić information content (AvgIpc) is 3.99. The Labute approximate surface area is 255 Å². The number of rotatable bonds is 10. The van der Waals surface area contributed by atoms with E-state index >= 15 is 4.39 Å². The molecular weight excluding hydrogens is 587 g/mol. The van der Waals surface area contributed by atoms with Crippen LogP contribution in [0.15, 0.2) is 60.4 Å². The van der Waals surface area contributed by atoms with Gasteiger partial charge in [0.1, 0.15) is 40.6 Å². The van der Waals surface area contributed by atoms with E-state index in [4.69, 9.17) is 14.5 Å². The summed E-state index contributed by atoms with van der Waals surface area (Å²) in [5.41, 5.74) is 1.14. The standard InChI is InChI=1S/C32H28F3N7O3/c1-4-32(34,35)23-15-41(20-8-9-20)30(39-23)25-21(33)11-17(12-22(25)44-2)14-42-24(43)10-7-19-13-36-28(40-29(19)42)26-27(18-5-6-18)37-16-38-31(26)45-3/h4,7,10-13,15-16,18,20H,1,5-6,8-9,14H2,2-3H3. The summed E-state index contributed by atoms with van der Waals surface area (Å²) in [6, 6.07) is 5.77. The SMILES string of the molecule is C=CC(F)(F)c1cn(C2CC2)c(-c2c(F)cc(Cn3c(=O)ccc4cnc(-c5c(OC)ncnc5C5CC5)nc43)cc2OC)n1. The lowest BCUT2D eigenvalue weighted by Crippen LogP contribution is -2.21. The van der Waals surface area contributed by atoms with Crippen molar-refractivity contribution in [2.45, 2.75) is 50.1 Å². The van der Waals surface area contributed by atoms with Crippen molar-refractivity contribution in [2.24, 2.45) is 0 Å². The highest BCUT2D eigenvalue weighted by Crippen LogP contribution is 2.45. The summed E-state index contributed by atoms with van der Waals surface area (Å²) in [7, 11) is 2.87. The van der Waals surface area contributed by atoms with E-state index in [1.54, 1.807) is 22.9 Å². The molecule has 0 bridgehead atoms. The van der Waals surface area contributed by atoms with E-state index in [1.807, 2.05) is 0 Å². The summed E-state index contributed by atoms with van der Waals surface area (Å²) in [6.07, 6.45) is 8.30. The van der Waals surface area contributed by atoms with Gasteiger partial charge in [-0.3, -0.25) is 9.36 Å². The van der Waals surface area contributed by atoms with Crippen LogP contribution in [-0.2, 0) is 12.5 Å². The largest absolute Gasteiger partial charge is 0.496 e. The second kappa shape index (κ2) is 10.8. The normalized spacial score (nSPS) is 15.0. The van der Waals surface area contributed by atoms with Gasteiger partial charge in [-0.15, -0.1) is 0 Å². The molecule has 13 heteroatoms. The number of halogens is 3. The number of fused-ring (bicyclic) bond motifs is 1. The Balaban J connectivity index is 1.32. The molecule has 2 aliphatic rings. The Morgan fingerprint density at radius 1 is 1.04 bits per heavy atom. The molecule has 4 aromatic heterocycles. The summed E-state index contributed by atoms with van der Waals surface area (Å²) in [4.78, 5) is 35.3. The van der Waals surface area contributed by atoms with Crippen LogP contribution in [0, 0.1) is 5.82 Å². The first-order valence-electron chi connectivity index (χ1n) is 14.5. The van der Waals surface area contributed by atoms with Gasteiger partial charge in [-0.25, -0.2) is 29.3 Å². The number of benzene rings is 1. The first kappa shape index (κ1) is 28.7. The molecule has 0 amide bonds. The third kappa shape index (κ3) is 5.11. The fourth-order valence-corrected chi connectivity index (χ4v) is 5.52. The monoisotopic (exact) mass is 615 g/mol. The number of methoxy groups -OCH3 is 2. The predicted molar refractivity (Wildman–Crippen MR) is 159 cm³/mol. The molecule has 45 heavy (non-hydrogen) atoms. The maximum absolute atomic E-state index is 16.0. The molecule has 2 fully saturated rings. The predicted octanol–water partition coefficient (Wildman–Crippen LogP) is 5.81. The third-order valence-corrected chi connectivity index (χ3v) is 8.11. The van der Waals surface area contributed by atoms with E-state index in [1.165, 1.54) is 43.4 Å². The zero-order valence-corrected chi connectivity index (χ0v) is 24.5. The van der Waals surface area contributed by atoms with Crippen LogP contribution in [0.1, 0.15) is 54.6 Å². The molecule has 2 aliphatic carbocycles. The van der Waals surface area contributed by atoms with Gasteiger partial charge in [0.05, 0.1) is 32.0 Å². The minimum atomic E-state index is -3.38. The van der Waals surface area contributed by atoms with Crippen LogP contribution in [0.2, 0.25) is 0 Å². The molecule has 0 unspecified atom stereocenters. The molecule has 0 saturated heterocycles. The second-order valence-corrected chi connectivity index (χ2v) is 11.2. The number of nitrogens with zero attached hydrogens (tertiary/aromatic N) is 7. The smallest absolute Gasteiger partial charge is 0.309 e. The Kier molecular flexibility index (Phi) is 6.90. The van der Waals surface area contributed by atoms with E-state index in [0.29, 0.717) is 39.9 Å². The van der Waals surface area contributed by atoms with Crippen molar-refractivity contribution < 1.29 is 22.6 Å². The fourth-order valence-electron chi connectivity index (χ4n) is 5.52. The van der Waals surface area contributed by atoms with Gasteiger partial charge >= 0.3 is 5.92 Å². The van der Waals surface area contributed by atoms with Crippen LogP contribution < -0.4 is 15.0 Å². The van der Waals surface area contributed by atoms with Crippen molar-refractivity contribution in [1.82, 2.24) is 34.1 Å². The summed E-state index contributed by atoms with van der Waals surface area (Å²) >= 11 is 0. The minimum absolute atomic E-state index is 0.0418. The van der Waals surface area contributed by atoms with Crippen molar-refractivity contribution in [3.8, 4) is 34.4 Å². The molecule has 0 spiro atoms. The number of hydrogen-bond donors (Lipinski definition) is 0. The number of aromatic nitrogens is 7. The number of ether oxygens (including phenoxy) is 2. The molecule has 0 aliphatic heterocycles. The molecule has 4 heterocycles. The number of imidazole rings is 1. The van der Waals surface area contributed by atoms with E-state index in [-0.39, 0.29) is 41.2 Å². The van der Waals surface area contributed by atoms with Gasteiger partial charge in [0.15, 0.2) is 5.82 Å². The Morgan fingerprint density at radius 3 is 2.53 bits per heavy atom. The average molecular weight is 616 g/mol. The second-order valence-electron chi connectivity index (χ2n) is 11.2. The number of alkyl halides is 2. The van der Waals surface area contributed by atoms with Gasteiger partial charge in [0.25, 0.3) is 5.56 Å². The van der Waals surface area contributed by atoms with Gasteiger partial charge < -0.3 is 14.0 Å². The maximum atomic E-state index is 16.0. The van der Waals surface area contributed by atoms with Crippen molar-refractivity contribution in [2.75, 3.05) is 14.2 Å². The molecule has 0 N–H and O–H groups in total. The number of hydrogen-bond acceptors (Lipinski definition) is 8. The van der Waals surface area contributed by atoms with Crippen molar-refractivity contribution in [1.29, 1.82) is 0 Å². The molecule has 10 nitrogen and oxygen atoms in total. The summed E-state index contributed by atoms with van der Waals surface area (Å²) in [5.74, 6) is -3.09. The van der Waals surface area contributed by atoms with Crippen LogP contribution >= 0.6 is 0 Å². The first-order chi connectivity index (χ1) is 21.7. The Hall–Kier alpha value is -5.07. The lowest BCUT2D eigenvalue weighted by molar-refractivity contribution is 0.0480. The van der Waals surface area contributed by atoms with Crippen LogP contribution in [0.3, 0.4) is 0 Å². The Morgan fingerprint density at radius 2 is 1.84 bits per heavy atom. The third-order valence-electron chi connectivity index (χ3n) is 8.11. The van der Waals surface area contributed by atoms with Crippen LogP contribution in [0.25, 0.3) is 33.8 Å². The summed E-state index contributed by atoms with van der Waals surface area (Å²) in [5, 5.41) is 0.591. The van der Waals surface area contributed by atoms with Crippen LogP contribution in [0.5, 0.6) is 11.6 Å². The molecule has 5 aromatic rings. The lowest BCUT2D eigenvalue weighted by Gasteiger charge is -2.15. The van der Waals surface area contributed by atoms with Crippen molar-refractivity contribution >= 4 is 11.0 Å². The van der Waals surface area contributed by atoms with E-state index < -0.39 is 17.4 Å². The highest BCUT2D eigenvalue weighted by Gasteiger charge is 2.36. The zero-order valence-electron chi connectivity index (χ0n) is 24.5. The molecular formula is C32H28F3N7O3. The van der Waals surface area contributed by atoms with Gasteiger partial charge in [-0.05, 0) is 55.5 Å². The highest BCUT2D eigenvalue weighted by atomic mass is 19.3.